The Morgan fingerprint density at radius 2 is 1.80 bits per heavy atom. The number of hydrogen-bond donors (Lipinski definition) is 2. The number of halogens is 1. The summed E-state index contributed by atoms with van der Waals surface area (Å²) in [5.74, 6) is 0. The Hall–Kier alpha value is -0.380. The highest BCUT2D eigenvalue weighted by Crippen LogP contribution is 2.16. The van der Waals surface area contributed by atoms with E-state index in [4.69, 9.17) is 0 Å². The van der Waals surface area contributed by atoms with E-state index in [0.717, 1.165) is 10.0 Å². The average Bonchev–Trinajstić information content (AvgIpc) is 2.14. The molecule has 2 nitrogen and oxygen atoms in total. The van der Waals surface area contributed by atoms with Crippen molar-refractivity contribution >= 4 is 15.9 Å². The Morgan fingerprint density at radius 1 is 1.27 bits per heavy atom. The molecule has 1 aromatic rings. The van der Waals surface area contributed by atoms with Crippen LogP contribution in [-0.2, 0) is 0 Å². The maximum absolute atomic E-state index is 9.90. The van der Waals surface area contributed by atoms with Crippen LogP contribution in [0.25, 0.3) is 0 Å². The Morgan fingerprint density at radius 3 is 2.27 bits per heavy atom. The van der Waals surface area contributed by atoms with Gasteiger partial charge in [-0.3, -0.25) is 0 Å². The molecule has 0 aliphatic carbocycles. The summed E-state index contributed by atoms with van der Waals surface area (Å²) in [5.41, 5.74) is 0.978. The molecule has 2 N–H and O–H groups in total. The van der Waals surface area contributed by atoms with Gasteiger partial charge in [0, 0.05) is 16.6 Å². The maximum atomic E-state index is 9.90. The first-order valence-corrected chi connectivity index (χ1v) is 5.86. The molecule has 0 aliphatic heterocycles. The van der Waals surface area contributed by atoms with Gasteiger partial charge in [0.05, 0.1) is 6.10 Å². The summed E-state index contributed by atoms with van der Waals surface area (Å²) in [6.07, 6.45) is -0.447. The molecule has 1 aromatic carbocycles. The Balaban J connectivity index is 2.54. The van der Waals surface area contributed by atoms with Gasteiger partial charge in [-0.15, -0.1) is 0 Å². The number of nitrogens with one attached hydrogen (secondary N) is 1. The van der Waals surface area contributed by atoms with Crippen molar-refractivity contribution in [3.63, 3.8) is 0 Å². The van der Waals surface area contributed by atoms with Crippen molar-refractivity contribution in [3.8, 4) is 0 Å². The molecule has 0 fully saturated rings. The van der Waals surface area contributed by atoms with Crippen molar-refractivity contribution in [3.05, 3.63) is 34.3 Å². The van der Waals surface area contributed by atoms with Crippen LogP contribution in [0, 0.1) is 0 Å². The van der Waals surface area contributed by atoms with Gasteiger partial charge in [0.2, 0.25) is 0 Å². The van der Waals surface area contributed by atoms with Crippen molar-refractivity contribution in [1.82, 2.24) is 5.32 Å². The lowest BCUT2D eigenvalue weighted by atomic mass is 10.1. The molecule has 0 saturated carbocycles. The summed E-state index contributed by atoms with van der Waals surface area (Å²) in [5, 5.41) is 13.2. The zero-order valence-corrected chi connectivity index (χ0v) is 11.0. The summed E-state index contributed by atoms with van der Waals surface area (Å²) in [6.45, 7) is 6.83. The third-order valence-electron chi connectivity index (χ3n) is 2.08. The van der Waals surface area contributed by atoms with Crippen LogP contribution >= 0.6 is 15.9 Å². The van der Waals surface area contributed by atoms with Crippen LogP contribution in [0.3, 0.4) is 0 Å². The molecule has 1 rings (SSSR count). The van der Waals surface area contributed by atoms with Crippen molar-refractivity contribution in [1.29, 1.82) is 0 Å². The molecule has 0 aliphatic rings. The van der Waals surface area contributed by atoms with Crippen molar-refractivity contribution < 1.29 is 5.11 Å². The van der Waals surface area contributed by atoms with Gasteiger partial charge in [-0.25, -0.2) is 0 Å². The van der Waals surface area contributed by atoms with Gasteiger partial charge in [0.15, 0.2) is 0 Å². The lowest BCUT2D eigenvalue weighted by molar-refractivity contribution is 0.163. The fraction of sp³-hybridized carbons (Fsp3) is 0.500. The molecular formula is C12H18BrNO. The summed E-state index contributed by atoms with van der Waals surface area (Å²) in [4.78, 5) is 0. The summed E-state index contributed by atoms with van der Waals surface area (Å²) < 4.78 is 1.03. The van der Waals surface area contributed by atoms with Crippen molar-refractivity contribution in [2.75, 3.05) is 6.54 Å². The zero-order valence-electron chi connectivity index (χ0n) is 9.42. The lowest BCUT2D eigenvalue weighted by Crippen LogP contribution is -2.38. The van der Waals surface area contributed by atoms with Crippen LogP contribution in [0.2, 0.25) is 0 Å². The number of aliphatic hydroxyl groups excluding tert-OH is 1. The first-order valence-electron chi connectivity index (χ1n) is 5.07. The summed E-state index contributed by atoms with van der Waals surface area (Å²) >= 11 is 3.37. The quantitative estimate of drug-likeness (QED) is 0.886. The normalized spacial score (nSPS) is 13.9. The molecule has 84 valence electrons. The second-order valence-corrected chi connectivity index (χ2v) is 5.61. The molecule has 0 spiro atoms. The third kappa shape index (κ3) is 4.78. The van der Waals surface area contributed by atoms with E-state index in [2.05, 4.69) is 42.0 Å². The highest BCUT2D eigenvalue weighted by molar-refractivity contribution is 9.10. The van der Waals surface area contributed by atoms with Gasteiger partial charge < -0.3 is 10.4 Å². The highest BCUT2D eigenvalue weighted by Gasteiger charge is 2.13. The van der Waals surface area contributed by atoms with Gasteiger partial charge in [-0.1, -0.05) is 28.1 Å². The molecule has 0 radical (unpaired) electrons. The number of β-amino-alcohol motifs (C(OH)–C–C–N with tert-alkyl or cyclic N) is 1. The van der Waals surface area contributed by atoms with Gasteiger partial charge in [-0.2, -0.15) is 0 Å². The predicted octanol–water partition coefficient (Wildman–Crippen LogP) is 2.87. The van der Waals surface area contributed by atoms with Crippen molar-refractivity contribution in [2.24, 2.45) is 0 Å². The first kappa shape index (κ1) is 12.7. The fourth-order valence-electron chi connectivity index (χ4n) is 1.21. The lowest BCUT2D eigenvalue weighted by Gasteiger charge is -2.23. The number of hydrogen-bond acceptors (Lipinski definition) is 2. The summed E-state index contributed by atoms with van der Waals surface area (Å²) in [6, 6.07) is 7.74. The van der Waals surface area contributed by atoms with Crippen LogP contribution in [0.4, 0.5) is 0 Å². The number of benzene rings is 1. The standard InChI is InChI=1S/C12H18BrNO/c1-12(2,3)14-8-11(15)9-4-6-10(13)7-5-9/h4-7,11,14-15H,8H2,1-3H3/t11-/m1/s1. The molecule has 0 aromatic heterocycles. The van der Waals surface area contributed by atoms with Gasteiger partial charge >= 0.3 is 0 Å². The van der Waals surface area contributed by atoms with E-state index in [0.29, 0.717) is 6.54 Å². The van der Waals surface area contributed by atoms with Crippen molar-refractivity contribution in [2.45, 2.75) is 32.4 Å². The smallest absolute Gasteiger partial charge is 0.0914 e. The van der Waals surface area contributed by atoms with E-state index in [9.17, 15) is 5.11 Å². The van der Waals surface area contributed by atoms with E-state index < -0.39 is 6.10 Å². The molecule has 0 heterocycles. The minimum atomic E-state index is -0.447. The molecule has 3 heteroatoms. The minimum absolute atomic E-state index is 0.0380. The molecule has 15 heavy (non-hydrogen) atoms. The van der Waals surface area contributed by atoms with Gasteiger partial charge in [0.1, 0.15) is 0 Å². The van der Waals surface area contributed by atoms with E-state index in [-0.39, 0.29) is 5.54 Å². The molecule has 0 bridgehead atoms. The number of aliphatic hydroxyl groups is 1. The molecule has 0 saturated heterocycles. The second-order valence-electron chi connectivity index (χ2n) is 4.70. The molecule has 1 atom stereocenters. The Labute approximate surface area is 99.8 Å². The monoisotopic (exact) mass is 271 g/mol. The van der Waals surface area contributed by atoms with Crippen LogP contribution in [0.1, 0.15) is 32.4 Å². The Kier molecular flexibility index (Phi) is 4.32. The topological polar surface area (TPSA) is 32.3 Å². The SMILES string of the molecule is CC(C)(C)NC[C@@H](O)c1ccc(Br)cc1. The molecular weight excluding hydrogens is 254 g/mol. The minimum Gasteiger partial charge on any atom is -0.387 e. The van der Waals surface area contributed by atoms with Crippen LogP contribution in [0.15, 0.2) is 28.7 Å². The zero-order chi connectivity index (χ0) is 11.5. The highest BCUT2D eigenvalue weighted by atomic mass is 79.9. The van der Waals surface area contributed by atoms with Gasteiger partial charge in [0.25, 0.3) is 0 Å². The van der Waals surface area contributed by atoms with E-state index in [1.54, 1.807) is 0 Å². The fourth-order valence-corrected chi connectivity index (χ4v) is 1.47. The average molecular weight is 272 g/mol. The van der Waals surface area contributed by atoms with E-state index >= 15 is 0 Å². The third-order valence-corrected chi connectivity index (χ3v) is 2.61. The number of rotatable bonds is 3. The van der Waals surface area contributed by atoms with Gasteiger partial charge in [-0.05, 0) is 38.5 Å². The molecule has 0 unspecified atom stereocenters. The predicted molar refractivity (Wildman–Crippen MR) is 66.9 cm³/mol. The van der Waals surface area contributed by atoms with E-state index in [1.165, 1.54) is 0 Å². The van der Waals surface area contributed by atoms with Crippen LogP contribution in [-0.4, -0.2) is 17.2 Å². The maximum Gasteiger partial charge on any atom is 0.0914 e. The van der Waals surface area contributed by atoms with E-state index in [1.807, 2.05) is 24.3 Å². The Bertz CT molecular complexity index is 302. The largest absolute Gasteiger partial charge is 0.387 e. The molecule has 0 amide bonds. The second kappa shape index (κ2) is 5.10. The first-order chi connectivity index (χ1) is 6.88. The van der Waals surface area contributed by atoms with Crippen LogP contribution in [0.5, 0.6) is 0 Å². The van der Waals surface area contributed by atoms with Crippen LogP contribution < -0.4 is 5.32 Å². The summed E-state index contributed by atoms with van der Waals surface area (Å²) in [7, 11) is 0.